The van der Waals surface area contributed by atoms with E-state index in [0.717, 1.165) is 44.2 Å². The average Bonchev–Trinajstić information content (AvgIpc) is 3.15. The minimum atomic E-state index is 0.484. The molecule has 0 radical (unpaired) electrons. The fourth-order valence-corrected chi connectivity index (χ4v) is 2.22. The zero-order valence-electron chi connectivity index (χ0n) is 12.1. The Kier molecular flexibility index (Phi) is 4.64. The lowest BCUT2D eigenvalue weighted by molar-refractivity contribution is 0.0313. The van der Waals surface area contributed by atoms with Crippen molar-refractivity contribution in [1.82, 2.24) is 15.0 Å². The summed E-state index contributed by atoms with van der Waals surface area (Å²) in [7, 11) is 1.65. The maximum Gasteiger partial charge on any atom is 0.261 e. The Morgan fingerprint density at radius 3 is 3.00 bits per heavy atom. The van der Waals surface area contributed by atoms with E-state index in [4.69, 9.17) is 18.4 Å². The Balaban J connectivity index is 1.62. The Bertz CT molecular complexity index is 560. The van der Waals surface area contributed by atoms with Gasteiger partial charge in [-0.25, -0.2) is 0 Å². The predicted molar refractivity (Wildman–Crippen MR) is 73.7 cm³/mol. The second kappa shape index (κ2) is 6.84. The zero-order valence-corrected chi connectivity index (χ0v) is 12.1. The van der Waals surface area contributed by atoms with Gasteiger partial charge in [0.15, 0.2) is 5.82 Å². The molecule has 0 aromatic carbocycles. The molecule has 0 unspecified atom stereocenters. The average molecular weight is 293 g/mol. The number of rotatable bonds is 6. The van der Waals surface area contributed by atoms with E-state index in [9.17, 15) is 0 Å². The molecule has 1 fully saturated rings. The van der Waals surface area contributed by atoms with Crippen LogP contribution in [0.5, 0.6) is 0 Å². The topological polar surface area (TPSA) is 73.8 Å². The molecule has 7 heteroatoms. The third-order valence-electron chi connectivity index (χ3n) is 3.38. The van der Waals surface area contributed by atoms with Crippen molar-refractivity contribution in [2.24, 2.45) is 0 Å². The standard InChI is InChI=1S/C14H19N3O4/c1-18-5-2-13-15-14(21-16-13)11-8-12(20-10-11)9-17-3-6-19-7-4-17/h8,10H,2-7,9H2,1H3. The summed E-state index contributed by atoms with van der Waals surface area (Å²) in [5, 5.41) is 3.92. The minimum Gasteiger partial charge on any atom is -0.467 e. The zero-order chi connectivity index (χ0) is 14.5. The van der Waals surface area contributed by atoms with Crippen molar-refractivity contribution in [1.29, 1.82) is 0 Å². The highest BCUT2D eigenvalue weighted by atomic mass is 16.5. The molecule has 2 aromatic rings. The summed E-state index contributed by atoms with van der Waals surface area (Å²) in [6.45, 7) is 4.76. The van der Waals surface area contributed by atoms with Crippen molar-refractivity contribution < 1.29 is 18.4 Å². The van der Waals surface area contributed by atoms with Crippen LogP contribution >= 0.6 is 0 Å². The van der Waals surface area contributed by atoms with Gasteiger partial charge in [-0.05, 0) is 6.07 Å². The molecule has 3 rings (SSSR count). The number of hydrogen-bond acceptors (Lipinski definition) is 7. The molecule has 1 aliphatic heterocycles. The first-order valence-corrected chi connectivity index (χ1v) is 7.04. The number of methoxy groups -OCH3 is 1. The molecular formula is C14H19N3O4. The van der Waals surface area contributed by atoms with Gasteiger partial charge in [0, 0.05) is 26.6 Å². The predicted octanol–water partition coefficient (Wildman–Crippen LogP) is 1.35. The van der Waals surface area contributed by atoms with Crippen LogP contribution in [0.4, 0.5) is 0 Å². The Hall–Kier alpha value is -1.70. The number of aromatic nitrogens is 2. The summed E-state index contributed by atoms with van der Waals surface area (Å²) in [6.07, 6.45) is 2.29. The molecule has 3 heterocycles. The van der Waals surface area contributed by atoms with E-state index >= 15 is 0 Å². The Morgan fingerprint density at radius 2 is 2.19 bits per heavy atom. The van der Waals surface area contributed by atoms with E-state index in [0.29, 0.717) is 24.7 Å². The first-order chi connectivity index (χ1) is 10.3. The van der Waals surface area contributed by atoms with Gasteiger partial charge in [0.05, 0.1) is 31.9 Å². The highest BCUT2D eigenvalue weighted by Crippen LogP contribution is 2.21. The maximum atomic E-state index is 5.58. The molecule has 0 spiro atoms. The van der Waals surface area contributed by atoms with Crippen molar-refractivity contribution >= 4 is 0 Å². The lowest BCUT2D eigenvalue weighted by Crippen LogP contribution is -2.35. The van der Waals surface area contributed by atoms with Crippen molar-refractivity contribution in [3.8, 4) is 11.5 Å². The van der Waals surface area contributed by atoms with E-state index in [1.54, 1.807) is 13.4 Å². The molecule has 0 aliphatic carbocycles. The molecule has 0 atom stereocenters. The third kappa shape index (κ3) is 3.69. The van der Waals surface area contributed by atoms with E-state index in [-0.39, 0.29) is 0 Å². The lowest BCUT2D eigenvalue weighted by atomic mass is 10.3. The highest BCUT2D eigenvalue weighted by Gasteiger charge is 2.15. The summed E-state index contributed by atoms with van der Waals surface area (Å²) in [5.74, 6) is 2.02. The van der Waals surface area contributed by atoms with Crippen LogP contribution in [0.25, 0.3) is 11.5 Å². The van der Waals surface area contributed by atoms with Crippen molar-refractivity contribution in [3.05, 3.63) is 23.9 Å². The molecular weight excluding hydrogens is 274 g/mol. The largest absolute Gasteiger partial charge is 0.467 e. The first kappa shape index (κ1) is 14.2. The molecule has 2 aromatic heterocycles. The SMILES string of the molecule is COCCc1noc(-c2coc(CN3CCOCC3)c2)n1. The molecule has 21 heavy (non-hydrogen) atoms. The van der Waals surface area contributed by atoms with Crippen LogP contribution in [-0.2, 0) is 22.4 Å². The summed E-state index contributed by atoms with van der Waals surface area (Å²) < 4.78 is 21.1. The smallest absolute Gasteiger partial charge is 0.261 e. The summed E-state index contributed by atoms with van der Waals surface area (Å²) in [6, 6.07) is 1.95. The fraction of sp³-hybridized carbons (Fsp3) is 0.571. The molecule has 7 nitrogen and oxygen atoms in total. The van der Waals surface area contributed by atoms with Gasteiger partial charge in [0.2, 0.25) is 0 Å². The van der Waals surface area contributed by atoms with Crippen LogP contribution in [0.2, 0.25) is 0 Å². The third-order valence-corrected chi connectivity index (χ3v) is 3.38. The van der Waals surface area contributed by atoms with Gasteiger partial charge in [0.1, 0.15) is 12.0 Å². The second-order valence-corrected chi connectivity index (χ2v) is 4.95. The van der Waals surface area contributed by atoms with Crippen LogP contribution in [0.1, 0.15) is 11.6 Å². The van der Waals surface area contributed by atoms with Crippen LogP contribution in [-0.4, -0.2) is 55.1 Å². The van der Waals surface area contributed by atoms with Crippen LogP contribution in [0.15, 0.2) is 21.3 Å². The van der Waals surface area contributed by atoms with Gasteiger partial charge in [-0.15, -0.1) is 0 Å². The number of furan rings is 1. The number of ether oxygens (including phenoxy) is 2. The Labute approximate surface area is 122 Å². The van der Waals surface area contributed by atoms with Crippen LogP contribution < -0.4 is 0 Å². The van der Waals surface area contributed by atoms with Gasteiger partial charge < -0.3 is 18.4 Å². The van der Waals surface area contributed by atoms with E-state index in [1.165, 1.54) is 0 Å². The summed E-state index contributed by atoms with van der Waals surface area (Å²) in [4.78, 5) is 6.62. The van der Waals surface area contributed by atoms with Gasteiger partial charge in [-0.1, -0.05) is 5.16 Å². The summed E-state index contributed by atoms with van der Waals surface area (Å²) >= 11 is 0. The van der Waals surface area contributed by atoms with Gasteiger partial charge >= 0.3 is 0 Å². The second-order valence-electron chi connectivity index (χ2n) is 4.95. The number of morpholine rings is 1. The monoisotopic (exact) mass is 293 g/mol. The van der Waals surface area contributed by atoms with E-state index in [2.05, 4.69) is 15.0 Å². The van der Waals surface area contributed by atoms with E-state index in [1.807, 2.05) is 6.07 Å². The van der Waals surface area contributed by atoms with Gasteiger partial charge in [0.25, 0.3) is 5.89 Å². The lowest BCUT2D eigenvalue weighted by Gasteiger charge is -2.25. The molecule has 0 saturated carbocycles. The fourth-order valence-electron chi connectivity index (χ4n) is 2.22. The minimum absolute atomic E-state index is 0.484. The van der Waals surface area contributed by atoms with Gasteiger partial charge in [-0.3, -0.25) is 4.90 Å². The van der Waals surface area contributed by atoms with Crippen molar-refractivity contribution in [3.63, 3.8) is 0 Å². The molecule has 1 aliphatic rings. The molecule has 0 N–H and O–H groups in total. The van der Waals surface area contributed by atoms with Crippen LogP contribution in [0.3, 0.4) is 0 Å². The van der Waals surface area contributed by atoms with Crippen molar-refractivity contribution in [2.45, 2.75) is 13.0 Å². The van der Waals surface area contributed by atoms with Gasteiger partial charge in [-0.2, -0.15) is 4.98 Å². The molecule has 0 amide bonds. The van der Waals surface area contributed by atoms with Crippen LogP contribution in [0, 0.1) is 0 Å². The number of hydrogen-bond donors (Lipinski definition) is 0. The first-order valence-electron chi connectivity index (χ1n) is 7.04. The highest BCUT2D eigenvalue weighted by molar-refractivity contribution is 5.51. The van der Waals surface area contributed by atoms with E-state index < -0.39 is 0 Å². The number of nitrogens with zero attached hydrogens (tertiary/aromatic N) is 3. The molecule has 1 saturated heterocycles. The maximum absolute atomic E-state index is 5.58. The quantitative estimate of drug-likeness (QED) is 0.796. The summed E-state index contributed by atoms with van der Waals surface area (Å²) in [5.41, 5.74) is 0.814. The Morgan fingerprint density at radius 1 is 1.33 bits per heavy atom. The van der Waals surface area contributed by atoms with Crippen molar-refractivity contribution in [2.75, 3.05) is 40.0 Å². The normalized spacial score (nSPS) is 16.4. The molecule has 114 valence electrons. The molecule has 0 bridgehead atoms.